The number of ether oxygens (including phenoxy) is 1. The van der Waals surface area contributed by atoms with Crippen molar-refractivity contribution in [2.45, 2.75) is 19.3 Å². The molecule has 0 saturated carbocycles. The Balaban J connectivity index is 1.80. The van der Waals surface area contributed by atoms with Gasteiger partial charge in [0.05, 0.1) is 18.7 Å². The van der Waals surface area contributed by atoms with Gasteiger partial charge in [-0.15, -0.1) is 17.8 Å². The molecule has 1 N–H and O–H groups in total. The molecule has 8 heteroatoms. The van der Waals surface area contributed by atoms with Crippen molar-refractivity contribution in [1.29, 1.82) is 0 Å². The minimum atomic E-state index is -0.555. The monoisotopic (exact) mass is 321 g/mol. The molecule has 0 bridgehead atoms. The van der Waals surface area contributed by atoms with Crippen LogP contribution in [0.15, 0.2) is 5.38 Å². The molecule has 1 fully saturated rings. The van der Waals surface area contributed by atoms with Crippen molar-refractivity contribution in [3.05, 3.63) is 11.1 Å². The van der Waals surface area contributed by atoms with E-state index in [0.29, 0.717) is 23.8 Å². The van der Waals surface area contributed by atoms with Gasteiger partial charge in [0, 0.05) is 18.3 Å². The smallest absolute Gasteiger partial charge is 0.312 e. The van der Waals surface area contributed by atoms with Gasteiger partial charge >= 0.3 is 5.97 Å². The first-order chi connectivity index (χ1) is 10.6. The van der Waals surface area contributed by atoms with Crippen LogP contribution in [0, 0.1) is 12.3 Å². The minimum Gasteiger partial charge on any atom is -0.455 e. The molecule has 1 aromatic rings. The van der Waals surface area contributed by atoms with Crippen molar-refractivity contribution in [2.75, 3.05) is 24.6 Å². The Morgan fingerprint density at radius 1 is 1.55 bits per heavy atom. The fourth-order valence-electron chi connectivity index (χ4n) is 1.90. The average molecular weight is 321 g/mol. The molecular formula is C14H15N3O4S. The van der Waals surface area contributed by atoms with Crippen molar-refractivity contribution in [3.8, 4) is 12.3 Å². The third-order valence-corrected chi connectivity index (χ3v) is 3.83. The van der Waals surface area contributed by atoms with Gasteiger partial charge in [-0.2, -0.15) is 0 Å². The number of nitrogens with zero attached hydrogens (tertiary/aromatic N) is 2. The number of terminal acetylenes is 1. The molecule has 0 unspecified atom stereocenters. The minimum absolute atomic E-state index is 0.0407. The highest BCUT2D eigenvalue weighted by Gasteiger charge is 2.24. The number of carbonyl (C=O) groups is 3. The standard InChI is InChI=1S/C14H15N3O4S/c1-2-5-15-11(18)8-21-13(20)7-10-9-22-14(16-10)17-6-3-4-12(17)19/h1,9H,3-8H2,(H,15,18). The molecule has 0 aliphatic carbocycles. The molecule has 116 valence electrons. The van der Waals surface area contributed by atoms with Crippen LogP contribution < -0.4 is 10.2 Å². The molecule has 22 heavy (non-hydrogen) atoms. The van der Waals surface area contributed by atoms with Crippen LogP contribution in [0.2, 0.25) is 0 Å². The summed E-state index contributed by atoms with van der Waals surface area (Å²) in [4.78, 5) is 40.3. The van der Waals surface area contributed by atoms with Gasteiger partial charge in [-0.05, 0) is 6.42 Å². The van der Waals surface area contributed by atoms with Crippen molar-refractivity contribution < 1.29 is 19.1 Å². The summed E-state index contributed by atoms with van der Waals surface area (Å²) in [7, 11) is 0. The summed E-state index contributed by atoms with van der Waals surface area (Å²) in [6.45, 7) is 0.378. The summed E-state index contributed by atoms with van der Waals surface area (Å²) in [5.41, 5.74) is 0.522. The molecule has 2 rings (SSSR count). The van der Waals surface area contributed by atoms with E-state index in [-0.39, 0.29) is 25.5 Å². The van der Waals surface area contributed by atoms with E-state index in [1.807, 2.05) is 0 Å². The van der Waals surface area contributed by atoms with Gasteiger partial charge in [-0.1, -0.05) is 5.92 Å². The first kappa shape index (κ1) is 16.0. The second-order valence-corrected chi connectivity index (χ2v) is 5.43. The number of hydrogen-bond donors (Lipinski definition) is 1. The number of carbonyl (C=O) groups excluding carboxylic acids is 3. The van der Waals surface area contributed by atoms with Gasteiger partial charge in [-0.3, -0.25) is 19.3 Å². The van der Waals surface area contributed by atoms with Gasteiger partial charge in [0.1, 0.15) is 0 Å². The van der Waals surface area contributed by atoms with Gasteiger partial charge in [0.15, 0.2) is 11.7 Å². The lowest BCUT2D eigenvalue weighted by Crippen LogP contribution is -2.29. The Kier molecular flexibility index (Phi) is 5.49. The fourth-order valence-corrected chi connectivity index (χ4v) is 2.77. The topological polar surface area (TPSA) is 88.6 Å². The quantitative estimate of drug-likeness (QED) is 0.593. The summed E-state index contributed by atoms with van der Waals surface area (Å²) in [6.07, 6.45) is 6.30. The lowest BCUT2D eigenvalue weighted by molar-refractivity contribution is -0.147. The molecule has 0 radical (unpaired) electrons. The molecule has 1 aliphatic heterocycles. The number of hydrogen-bond acceptors (Lipinski definition) is 6. The maximum Gasteiger partial charge on any atom is 0.312 e. The Bertz CT molecular complexity index is 620. The maximum atomic E-state index is 11.6. The van der Waals surface area contributed by atoms with E-state index < -0.39 is 11.9 Å². The Labute approximate surface area is 131 Å². The second kappa shape index (κ2) is 7.56. The second-order valence-electron chi connectivity index (χ2n) is 4.59. The normalized spacial score (nSPS) is 13.8. The highest BCUT2D eigenvalue weighted by atomic mass is 32.1. The van der Waals surface area contributed by atoms with Crippen molar-refractivity contribution in [1.82, 2.24) is 10.3 Å². The van der Waals surface area contributed by atoms with Crippen LogP contribution in [0.25, 0.3) is 0 Å². The number of thiazole rings is 1. The lowest BCUT2D eigenvalue weighted by Gasteiger charge is -2.10. The summed E-state index contributed by atoms with van der Waals surface area (Å²) in [6, 6.07) is 0. The Morgan fingerprint density at radius 2 is 2.36 bits per heavy atom. The zero-order valence-electron chi connectivity index (χ0n) is 11.8. The maximum absolute atomic E-state index is 11.6. The number of nitrogens with one attached hydrogen (secondary N) is 1. The Hall–Kier alpha value is -2.40. The largest absolute Gasteiger partial charge is 0.455 e. The van der Waals surface area contributed by atoms with Gasteiger partial charge < -0.3 is 10.1 Å². The van der Waals surface area contributed by atoms with Crippen LogP contribution in [-0.4, -0.2) is 42.5 Å². The molecule has 0 spiro atoms. The van der Waals surface area contributed by atoms with Crippen molar-refractivity contribution in [2.24, 2.45) is 0 Å². The van der Waals surface area contributed by atoms with E-state index in [1.54, 1.807) is 10.3 Å². The summed E-state index contributed by atoms with van der Waals surface area (Å²) >= 11 is 1.31. The van der Waals surface area contributed by atoms with Gasteiger partial charge in [0.2, 0.25) is 5.91 Å². The van der Waals surface area contributed by atoms with Crippen LogP contribution in [0.1, 0.15) is 18.5 Å². The zero-order chi connectivity index (χ0) is 15.9. The van der Waals surface area contributed by atoms with Crippen LogP contribution in [0.4, 0.5) is 5.13 Å². The lowest BCUT2D eigenvalue weighted by atomic mass is 10.3. The predicted octanol–water partition coefficient (Wildman–Crippen LogP) is 0.105. The van der Waals surface area contributed by atoms with E-state index in [0.717, 1.165) is 6.42 Å². The van der Waals surface area contributed by atoms with Gasteiger partial charge in [0.25, 0.3) is 5.91 Å². The summed E-state index contributed by atoms with van der Waals surface area (Å²) < 4.78 is 4.83. The summed E-state index contributed by atoms with van der Waals surface area (Å²) in [5.74, 6) is 1.29. The molecule has 0 aromatic carbocycles. The van der Waals surface area contributed by atoms with E-state index in [9.17, 15) is 14.4 Å². The van der Waals surface area contributed by atoms with E-state index in [1.165, 1.54) is 11.3 Å². The SMILES string of the molecule is C#CCNC(=O)COC(=O)Cc1csc(N2CCCC2=O)n1. The highest BCUT2D eigenvalue weighted by Crippen LogP contribution is 2.25. The van der Waals surface area contributed by atoms with E-state index in [2.05, 4.69) is 16.2 Å². The van der Waals surface area contributed by atoms with Crippen molar-refractivity contribution >= 4 is 34.3 Å². The number of rotatable bonds is 6. The molecule has 7 nitrogen and oxygen atoms in total. The molecule has 2 heterocycles. The third-order valence-electron chi connectivity index (χ3n) is 2.92. The van der Waals surface area contributed by atoms with Gasteiger partial charge in [-0.25, -0.2) is 4.98 Å². The average Bonchev–Trinajstić information content (AvgIpc) is 3.11. The summed E-state index contributed by atoms with van der Waals surface area (Å²) in [5, 5.41) is 4.69. The van der Waals surface area contributed by atoms with E-state index in [4.69, 9.17) is 11.2 Å². The van der Waals surface area contributed by atoms with Crippen molar-refractivity contribution in [3.63, 3.8) is 0 Å². The molecule has 1 saturated heterocycles. The molecule has 1 aromatic heterocycles. The van der Waals surface area contributed by atoms with Crippen LogP contribution in [0.3, 0.4) is 0 Å². The number of esters is 1. The van der Waals surface area contributed by atoms with E-state index >= 15 is 0 Å². The Morgan fingerprint density at radius 3 is 3.05 bits per heavy atom. The first-order valence-corrected chi connectivity index (χ1v) is 7.58. The third kappa shape index (κ3) is 4.30. The molecule has 0 atom stereocenters. The van der Waals surface area contributed by atoms with Crippen LogP contribution in [-0.2, 0) is 25.5 Å². The first-order valence-electron chi connectivity index (χ1n) is 6.70. The fraction of sp³-hybridized carbons (Fsp3) is 0.429. The number of anilines is 1. The predicted molar refractivity (Wildman–Crippen MR) is 80.2 cm³/mol. The molecule has 1 aliphatic rings. The molecular weight excluding hydrogens is 306 g/mol. The van der Waals surface area contributed by atoms with Crippen LogP contribution in [0.5, 0.6) is 0 Å². The number of amides is 2. The molecule has 2 amide bonds. The zero-order valence-corrected chi connectivity index (χ0v) is 12.6. The highest BCUT2D eigenvalue weighted by molar-refractivity contribution is 7.14. The number of aromatic nitrogens is 1. The van der Waals surface area contributed by atoms with Crippen LogP contribution >= 0.6 is 11.3 Å².